The van der Waals surface area contributed by atoms with Crippen molar-refractivity contribution < 1.29 is 9.53 Å². The van der Waals surface area contributed by atoms with Gasteiger partial charge in [0.05, 0.1) is 12.6 Å². The lowest BCUT2D eigenvalue weighted by molar-refractivity contribution is -0.153. The maximum atomic E-state index is 11.1. The van der Waals surface area contributed by atoms with Gasteiger partial charge in [0.15, 0.2) is 0 Å². The van der Waals surface area contributed by atoms with Crippen molar-refractivity contribution in [2.45, 2.75) is 52.7 Å². The summed E-state index contributed by atoms with van der Waals surface area (Å²) in [4.78, 5) is 13.3. The van der Waals surface area contributed by atoms with Gasteiger partial charge < -0.3 is 10.5 Å². The van der Waals surface area contributed by atoms with Gasteiger partial charge in [0.1, 0.15) is 0 Å². The van der Waals surface area contributed by atoms with E-state index in [0.29, 0.717) is 18.7 Å². The Labute approximate surface area is 104 Å². The second-order valence-corrected chi connectivity index (χ2v) is 5.45. The summed E-state index contributed by atoms with van der Waals surface area (Å²) in [7, 11) is 0. The van der Waals surface area contributed by atoms with E-state index < -0.39 is 0 Å². The van der Waals surface area contributed by atoms with Gasteiger partial charge in [-0.3, -0.25) is 9.69 Å². The lowest BCUT2D eigenvalue weighted by Gasteiger charge is -2.55. The molecule has 1 aliphatic rings. The summed E-state index contributed by atoms with van der Waals surface area (Å²) in [6, 6.07) is 0.409. The summed E-state index contributed by atoms with van der Waals surface area (Å²) >= 11 is 0. The molecule has 0 spiro atoms. The number of carbonyl (C=O) groups excluding carboxylic acids is 1. The van der Waals surface area contributed by atoms with Crippen molar-refractivity contribution in [1.29, 1.82) is 0 Å². The monoisotopic (exact) mass is 242 g/mol. The first kappa shape index (κ1) is 14.5. The first-order chi connectivity index (χ1) is 7.93. The van der Waals surface area contributed by atoms with E-state index in [0.717, 1.165) is 26.0 Å². The summed E-state index contributed by atoms with van der Waals surface area (Å²) in [5, 5.41) is 0. The van der Waals surface area contributed by atoms with E-state index in [-0.39, 0.29) is 11.3 Å². The number of nitrogens with two attached hydrogens (primary N) is 1. The minimum absolute atomic E-state index is 0.112. The van der Waals surface area contributed by atoms with Gasteiger partial charge in [-0.1, -0.05) is 20.8 Å². The van der Waals surface area contributed by atoms with E-state index in [1.807, 2.05) is 6.92 Å². The van der Waals surface area contributed by atoms with Gasteiger partial charge in [0, 0.05) is 18.1 Å². The molecule has 0 aromatic carbocycles. The van der Waals surface area contributed by atoms with E-state index >= 15 is 0 Å². The smallest absolute Gasteiger partial charge is 0.231 e. The standard InChI is InChI=1S/C13H26N2O2/c1-5-7-15(9-12(14)16)10-8-11(17-6-2)13(10,3)4/h10-11H,5-9H2,1-4H3,(H2,14,16). The Morgan fingerprint density at radius 1 is 1.47 bits per heavy atom. The van der Waals surface area contributed by atoms with E-state index in [1.165, 1.54) is 0 Å². The molecule has 4 heteroatoms. The van der Waals surface area contributed by atoms with Crippen LogP contribution >= 0.6 is 0 Å². The van der Waals surface area contributed by atoms with Crippen molar-refractivity contribution >= 4 is 5.91 Å². The molecule has 2 atom stereocenters. The third kappa shape index (κ3) is 3.19. The first-order valence-corrected chi connectivity index (χ1v) is 6.57. The Balaban J connectivity index is 2.61. The predicted octanol–water partition coefficient (Wildman–Crippen LogP) is 1.39. The molecule has 2 unspecified atom stereocenters. The Hall–Kier alpha value is -0.610. The number of hydrogen-bond acceptors (Lipinski definition) is 3. The fraction of sp³-hybridized carbons (Fsp3) is 0.923. The highest BCUT2D eigenvalue weighted by Crippen LogP contribution is 2.45. The van der Waals surface area contributed by atoms with Gasteiger partial charge in [-0.25, -0.2) is 0 Å². The van der Waals surface area contributed by atoms with E-state index in [4.69, 9.17) is 10.5 Å². The van der Waals surface area contributed by atoms with Crippen LogP contribution in [0.4, 0.5) is 0 Å². The van der Waals surface area contributed by atoms with Crippen LogP contribution in [0.15, 0.2) is 0 Å². The quantitative estimate of drug-likeness (QED) is 0.734. The molecule has 1 fully saturated rings. The van der Waals surface area contributed by atoms with Crippen molar-refractivity contribution in [3.05, 3.63) is 0 Å². The molecule has 2 N–H and O–H groups in total. The van der Waals surface area contributed by atoms with E-state index in [1.54, 1.807) is 0 Å². The minimum atomic E-state index is -0.242. The summed E-state index contributed by atoms with van der Waals surface area (Å²) in [6.07, 6.45) is 2.36. The van der Waals surface area contributed by atoms with Crippen molar-refractivity contribution in [3.63, 3.8) is 0 Å². The fourth-order valence-corrected chi connectivity index (χ4v) is 2.80. The van der Waals surface area contributed by atoms with Crippen molar-refractivity contribution in [1.82, 2.24) is 4.90 Å². The highest BCUT2D eigenvalue weighted by molar-refractivity contribution is 5.76. The number of ether oxygens (including phenoxy) is 1. The van der Waals surface area contributed by atoms with Crippen LogP contribution in [-0.2, 0) is 9.53 Å². The van der Waals surface area contributed by atoms with Gasteiger partial charge in [0.2, 0.25) is 5.91 Å². The minimum Gasteiger partial charge on any atom is -0.378 e. The number of amides is 1. The number of rotatable bonds is 7. The maximum Gasteiger partial charge on any atom is 0.231 e. The SMILES string of the molecule is CCCN(CC(N)=O)C1CC(OCC)C1(C)C. The van der Waals surface area contributed by atoms with Crippen LogP contribution in [0.5, 0.6) is 0 Å². The molecule has 17 heavy (non-hydrogen) atoms. The molecule has 0 heterocycles. The molecule has 1 aliphatic carbocycles. The van der Waals surface area contributed by atoms with Gasteiger partial charge in [-0.2, -0.15) is 0 Å². The summed E-state index contributed by atoms with van der Waals surface area (Å²) in [5.74, 6) is -0.242. The molecular weight excluding hydrogens is 216 g/mol. The number of carbonyl (C=O) groups is 1. The first-order valence-electron chi connectivity index (χ1n) is 6.57. The molecule has 0 aliphatic heterocycles. The normalized spacial score (nSPS) is 26.9. The van der Waals surface area contributed by atoms with Gasteiger partial charge in [-0.15, -0.1) is 0 Å². The average Bonchev–Trinajstić information content (AvgIpc) is 2.22. The molecule has 0 aromatic rings. The van der Waals surface area contributed by atoms with Crippen molar-refractivity contribution in [2.75, 3.05) is 19.7 Å². The van der Waals surface area contributed by atoms with Gasteiger partial charge >= 0.3 is 0 Å². The van der Waals surface area contributed by atoms with Crippen molar-refractivity contribution in [3.8, 4) is 0 Å². The molecule has 0 aromatic heterocycles. The number of primary amides is 1. The summed E-state index contributed by atoms with van der Waals surface area (Å²) < 4.78 is 5.71. The molecule has 1 amide bonds. The highest BCUT2D eigenvalue weighted by atomic mass is 16.5. The topological polar surface area (TPSA) is 55.6 Å². The Bertz CT molecular complexity index is 266. The maximum absolute atomic E-state index is 11.1. The van der Waals surface area contributed by atoms with Crippen LogP contribution in [0.25, 0.3) is 0 Å². The lowest BCUT2D eigenvalue weighted by Crippen LogP contribution is -2.63. The Kier molecular flexibility index (Phi) is 4.95. The van der Waals surface area contributed by atoms with Crippen LogP contribution < -0.4 is 5.73 Å². The zero-order chi connectivity index (χ0) is 13.1. The van der Waals surface area contributed by atoms with E-state index in [9.17, 15) is 4.79 Å². The van der Waals surface area contributed by atoms with Crippen LogP contribution in [0.3, 0.4) is 0 Å². The zero-order valence-electron chi connectivity index (χ0n) is 11.5. The van der Waals surface area contributed by atoms with Gasteiger partial charge in [0.25, 0.3) is 0 Å². The number of hydrogen-bond donors (Lipinski definition) is 1. The van der Waals surface area contributed by atoms with Crippen LogP contribution in [0.2, 0.25) is 0 Å². The molecular formula is C13H26N2O2. The molecule has 1 rings (SSSR count). The zero-order valence-corrected chi connectivity index (χ0v) is 11.5. The molecule has 100 valence electrons. The predicted molar refractivity (Wildman–Crippen MR) is 68.7 cm³/mol. The lowest BCUT2D eigenvalue weighted by atomic mass is 9.63. The average molecular weight is 242 g/mol. The van der Waals surface area contributed by atoms with Crippen LogP contribution in [0, 0.1) is 5.41 Å². The molecule has 1 saturated carbocycles. The Morgan fingerprint density at radius 2 is 2.12 bits per heavy atom. The molecule has 0 radical (unpaired) electrons. The molecule has 4 nitrogen and oxygen atoms in total. The van der Waals surface area contributed by atoms with Crippen molar-refractivity contribution in [2.24, 2.45) is 11.1 Å². The van der Waals surface area contributed by atoms with Crippen LogP contribution in [0.1, 0.15) is 40.5 Å². The third-order valence-corrected chi connectivity index (χ3v) is 3.80. The van der Waals surface area contributed by atoms with Crippen LogP contribution in [-0.4, -0.2) is 42.6 Å². The second kappa shape index (κ2) is 5.83. The Morgan fingerprint density at radius 3 is 2.53 bits per heavy atom. The summed E-state index contributed by atoms with van der Waals surface area (Å²) in [6.45, 7) is 10.6. The van der Waals surface area contributed by atoms with Gasteiger partial charge in [-0.05, 0) is 26.3 Å². The fourth-order valence-electron chi connectivity index (χ4n) is 2.80. The highest BCUT2D eigenvalue weighted by Gasteiger charge is 2.51. The molecule has 0 bridgehead atoms. The largest absolute Gasteiger partial charge is 0.378 e. The summed E-state index contributed by atoms with van der Waals surface area (Å²) in [5.41, 5.74) is 5.42. The molecule has 0 saturated heterocycles. The second-order valence-electron chi connectivity index (χ2n) is 5.45. The third-order valence-electron chi connectivity index (χ3n) is 3.80. The number of nitrogens with zero attached hydrogens (tertiary/aromatic N) is 1. The van der Waals surface area contributed by atoms with E-state index in [2.05, 4.69) is 25.7 Å².